The van der Waals surface area contributed by atoms with Gasteiger partial charge in [0, 0.05) is 24.6 Å². The molecule has 0 unspecified atom stereocenters. The van der Waals surface area contributed by atoms with Gasteiger partial charge in [0.1, 0.15) is 20.0 Å². The number of carbonyl (C=O) groups excluding carboxylic acids is 1. The van der Waals surface area contributed by atoms with E-state index >= 15 is 0 Å². The van der Waals surface area contributed by atoms with Gasteiger partial charge in [-0.1, -0.05) is 17.8 Å². The number of thioether (sulfide) groups is 1. The summed E-state index contributed by atoms with van der Waals surface area (Å²) in [6.45, 7) is 3.84. The SMILES string of the molecule is CCn1c(=C2C(=O)N(c3cccc(S(=O)(=O)O)c3)N=C2C)sc(=C2Sc3ccc(OC)cc3N2C)c1=O. The minimum absolute atomic E-state index is 0.182. The summed E-state index contributed by atoms with van der Waals surface area (Å²) in [6.07, 6.45) is 0. The third kappa shape index (κ3) is 4.17. The number of aromatic nitrogens is 1. The van der Waals surface area contributed by atoms with E-state index in [-0.39, 0.29) is 21.7 Å². The second-order valence-corrected chi connectivity index (χ2v) is 11.7. The number of hydrogen-bond donors (Lipinski definition) is 1. The number of hydrogen-bond acceptors (Lipinski definition) is 9. The summed E-state index contributed by atoms with van der Waals surface area (Å²) < 4.78 is 40.4. The molecule has 0 radical (unpaired) electrons. The highest BCUT2D eigenvalue weighted by Gasteiger charge is 2.32. The van der Waals surface area contributed by atoms with Crippen molar-refractivity contribution in [2.45, 2.75) is 30.2 Å². The van der Waals surface area contributed by atoms with Gasteiger partial charge in [-0.05, 0) is 44.2 Å². The van der Waals surface area contributed by atoms with Crippen LogP contribution in [0.4, 0.5) is 11.4 Å². The van der Waals surface area contributed by atoms with Gasteiger partial charge in [-0.25, -0.2) is 0 Å². The fourth-order valence-electron chi connectivity index (χ4n) is 4.17. The normalized spacial score (nSPS) is 18.4. The standard InChI is InChI=1S/C24H22N4O6S3/c1-5-27-22(30)20(24-26(3)17-12-15(34-4)9-10-18(17)35-24)36-23(27)19-13(2)25-28(21(19)29)14-7-6-8-16(11-14)37(31,32)33/h6-12H,5H2,1-4H3,(H,31,32,33). The Morgan fingerprint density at radius 2 is 1.89 bits per heavy atom. The van der Waals surface area contributed by atoms with E-state index in [9.17, 15) is 22.6 Å². The van der Waals surface area contributed by atoms with E-state index < -0.39 is 16.0 Å². The first-order valence-corrected chi connectivity index (χ1v) is 14.2. The monoisotopic (exact) mass is 558 g/mol. The Hall–Kier alpha value is -3.39. The molecule has 0 aliphatic carbocycles. The summed E-state index contributed by atoms with van der Waals surface area (Å²) in [7, 11) is -0.979. The van der Waals surface area contributed by atoms with Crippen LogP contribution in [0.2, 0.25) is 0 Å². The van der Waals surface area contributed by atoms with Gasteiger partial charge in [-0.15, -0.1) is 11.3 Å². The number of ether oxygens (including phenoxy) is 1. The van der Waals surface area contributed by atoms with Crippen LogP contribution >= 0.6 is 23.1 Å². The maximum Gasteiger partial charge on any atom is 0.294 e. The molecular weight excluding hydrogens is 536 g/mol. The number of fused-ring (bicyclic) bond motifs is 1. The minimum atomic E-state index is -4.46. The predicted molar refractivity (Wildman–Crippen MR) is 144 cm³/mol. The number of thiazole rings is 1. The van der Waals surface area contributed by atoms with Crippen LogP contribution in [0.3, 0.4) is 0 Å². The molecule has 1 amide bonds. The Bertz CT molecular complexity index is 1790. The average molecular weight is 559 g/mol. The first-order chi connectivity index (χ1) is 17.5. The van der Waals surface area contributed by atoms with Crippen LogP contribution in [-0.4, -0.2) is 43.3 Å². The second kappa shape index (κ2) is 9.17. The zero-order valence-corrected chi connectivity index (χ0v) is 22.7. The maximum atomic E-state index is 13.5. The Balaban J connectivity index is 1.67. The van der Waals surface area contributed by atoms with Crippen LogP contribution in [0.1, 0.15) is 13.8 Å². The Labute approximate surface area is 220 Å². The van der Waals surface area contributed by atoms with E-state index in [0.29, 0.717) is 27.2 Å². The number of nitrogens with zero attached hydrogens (tertiary/aromatic N) is 4. The van der Waals surface area contributed by atoms with E-state index in [0.717, 1.165) is 20.6 Å². The van der Waals surface area contributed by atoms with Gasteiger partial charge in [0.05, 0.1) is 34.7 Å². The summed E-state index contributed by atoms with van der Waals surface area (Å²) in [5.41, 5.74) is 1.54. The van der Waals surface area contributed by atoms with Crippen molar-refractivity contribution in [3.05, 3.63) is 62.0 Å². The van der Waals surface area contributed by atoms with E-state index in [2.05, 4.69) is 5.10 Å². The number of benzene rings is 2. The number of carbonyl (C=O) groups is 1. The summed E-state index contributed by atoms with van der Waals surface area (Å²) >= 11 is 2.70. The van der Waals surface area contributed by atoms with Crippen LogP contribution in [0.5, 0.6) is 5.75 Å². The summed E-state index contributed by atoms with van der Waals surface area (Å²) in [6, 6.07) is 11.0. The molecule has 0 spiro atoms. The van der Waals surface area contributed by atoms with Gasteiger partial charge in [0.25, 0.3) is 21.6 Å². The van der Waals surface area contributed by atoms with Crippen molar-refractivity contribution in [1.29, 1.82) is 0 Å². The summed E-state index contributed by atoms with van der Waals surface area (Å²) in [4.78, 5) is 29.6. The highest BCUT2D eigenvalue weighted by molar-refractivity contribution is 8.08. The molecular formula is C24H22N4O6S3. The van der Waals surface area contributed by atoms with Crippen molar-refractivity contribution in [3.63, 3.8) is 0 Å². The zero-order chi connectivity index (χ0) is 26.6. The molecule has 0 saturated carbocycles. The van der Waals surface area contributed by atoms with Crippen LogP contribution in [-0.2, 0) is 21.5 Å². The summed E-state index contributed by atoms with van der Waals surface area (Å²) in [5, 5.41) is 6.17. The zero-order valence-electron chi connectivity index (χ0n) is 20.3. The quantitative estimate of drug-likeness (QED) is 0.483. The number of anilines is 2. The molecule has 2 aromatic carbocycles. The van der Waals surface area contributed by atoms with Crippen molar-refractivity contribution in [1.82, 2.24) is 4.57 Å². The minimum Gasteiger partial charge on any atom is -0.497 e. The Kier molecular flexibility index (Phi) is 6.26. The highest BCUT2D eigenvalue weighted by atomic mass is 32.2. The van der Waals surface area contributed by atoms with Crippen LogP contribution in [0.25, 0.3) is 10.6 Å². The first-order valence-electron chi connectivity index (χ1n) is 11.1. The van der Waals surface area contributed by atoms with Crippen molar-refractivity contribution in [2.24, 2.45) is 5.10 Å². The van der Waals surface area contributed by atoms with Gasteiger partial charge in [0.2, 0.25) is 0 Å². The molecule has 1 aromatic heterocycles. The van der Waals surface area contributed by atoms with Crippen LogP contribution in [0.15, 0.2) is 62.2 Å². The third-order valence-electron chi connectivity index (χ3n) is 6.02. The molecule has 3 aromatic rings. The summed E-state index contributed by atoms with van der Waals surface area (Å²) in [5.74, 6) is 0.216. The van der Waals surface area contributed by atoms with E-state index in [1.165, 1.54) is 47.4 Å². The lowest BCUT2D eigenvalue weighted by molar-refractivity contribution is -0.112. The van der Waals surface area contributed by atoms with E-state index in [1.807, 2.05) is 37.1 Å². The maximum absolute atomic E-state index is 13.5. The molecule has 2 aliphatic rings. The van der Waals surface area contributed by atoms with Crippen molar-refractivity contribution < 1.29 is 22.5 Å². The third-order valence-corrected chi connectivity index (χ3v) is 9.43. The van der Waals surface area contributed by atoms with Gasteiger partial charge in [0.15, 0.2) is 0 Å². The number of methoxy groups -OCH3 is 1. The molecule has 1 N–H and O–H groups in total. The smallest absolute Gasteiger partial charge is 0.294 e. The van der Waals surface area contributed by atoms with Gasteiger partial charge >= 0.3 is 0 Å². The van der Waals surface area contributed by atoms with Crippen LogP contribution in [0, 0.1) is 0 Å². The van der Waals surface area contributed by atoms with Gasteiger partial charge in [-0.2, -0.15) is 18.5 Å². The lowest BCUT2D eigenvalue weighted by Gasteiger charge is -2.13. The molecule has 0 saturated heterocycles. The Morgan fingerprint density at radius 3 is 2.57 bits per heavy atom. The van der Waals surface area contributed by atoms with E-state index in [1.54, 1.807) is 18.6 Å². The number of hydrazone groups is 1. The average Bonchev–Trinajstić information content (AvgIpc) is 3.47. The number of amides is 1. The lowest BCUT2D eigenvalue weighted by atomic mass is 10.2. The largest absolute Gasteiger partial charge is 0.497 e. The number of rotatable bonds is 4. The van der Waals surface area contributed by atoms with Crippen molar-refractivity contribution >= 4 is 66.8 Å². The van der Waals surface area contributed by atoms with E-state index in [4.69, 9.17) is 4.74 Å². The first kappa shape index (κ1) is 25.3. The topological polar surface area (TPSA) is 122 Å². The van der Waals surface area contributed by atoms with Crippen molar-refractivity contribution in [2.75, 3.05) is 24.1 Å². The van der Waals surface area contributed by atoms with Crippen molar-refractivity contribution in [3.8, 4) is 5.75 Å². The Morgan fingerprint density at radius 1 is 1.14 bits per heavy atom. The molecule has 0 bridgehead atoms. The van der Waals surface area contributed by atoms with Gasteiger partial charge in [-0.3, -0.25) is 18.7 Å². The highest BCUT2D eigenvalue weighted by Crippen LogP contribution is 2.46. The molecule has 3 heterocycles. The molecule has 0 atom stereocenters. The molecule has 2 aliphatic heterocycles. The molecule has 192 valence electrons. The second-order valence-electron chi connectivity index (χ2n) is 8.24. The fourth-order valence-corrected chi connectivity index (χ4v) is 7.28. The molecule has 10 nitrogen and oxygen atoms in total. The van der Waals surface area contributed by atoms with Crippen LogP contribution < -0.4 is 29.4 Å². The molecule has 37 heavy (non-hydrogen) atoms. The lowest BCUT2D eigenvalue weighted by Crippen LogP contribution is -2.35. The molecule has 0 fully saturated rings. The molecule has 13 heteroatoms. The molecule has 5 rings (SSSR count). The fraction of sp³-hybridized carbons (Fsp3) is 0.208. The van der Waals surface area contributed by atoms with Gasteiger partial charge < -0.3 is 9.64 Å². The predicted octanol–water partition coefficient (Wildman–Crippen LogP) is 2.07.